The number of hydrogen-bond acceptors (Lipinski definition) is 5. The largest absolute Gasteiger partial charge is 0.508 e. The SMILES string of the molecule is CNCCN(C)Cc1ccc(C2=Cc3c(-c4ccccc4OC)c[nH]c3NC2)cc1O. The van der Waals surface area contributed by atoms with E-state index < -0.39 is 0 Å². The lowest BCUT2D eigenvalue weighted by Gasteiger charge is -2.20. The molecule has 1 aliphatic rings. The van der Waals surface area contributed by atoms with Gasteiger partial charge in [-0.15, -0.1) is 0 Å². The average Bonchev–Trinajstić information content (AvgIpc) is 3.22. The van der Waals surface area contributed by atoms with Crippen LogP contribution >= 0.6 is 0 Å². The fraction of sp³-hybridized carbons (Fsp3) is 0.280. The molecule has 4 N–H and O–H groups in total. The number of phenolic OH excluding ortho intramolecular Hbond substituents is 1. The van der Waals surface area contributed by atoms with E-state index in [0.29, 0.717) is 18.8 Å². The molecule has 1 aliphatic heterocycles. The summed E-state index contributed by atoms with van der Waals surface area (Å²) in [5, 5.41) is 17.3. The van der Waals surface area contributed by atoms with Gasteiger partial charge in [0.2, 0.25) is 0 Å². The van der Waals surface area contributed by atoms with Crippen molar-refractivity contribution < 1.29 is 9.84 Å². The van der Waals surface area contributed by atoms with Crippen LogP contribution in [0.4, 0.5) is 5.82 Å². The quantitative estimate of drug-likeness (QED) is 0.445. The summed E-state index contributed by atoms with van der Waals surface area (Å²) in [4.78, 5) is 5.53. The van der Waals surface area contributed by atoms with Crippen LogP contribution in [0.25, 0.3) is 22.8 Å². The van der Waals surface area contributed by atoms with Crippen LogP contribution < -0.4 is 15.4 Å². The van der Waals surface area contributed by atoms with Gasteiger partial charge in [0, 0.05) is 54.6 Å². The van der Waals surface area contributed by atoms with Crippen LogP contribution in [0, 0.1) is 0 Å². The lowest BCUT2D eigenvalue weighted by Crippen LogP contribution is -2.26. The zero-order valence-corrected chi connectivity index (χ0v) is 18.3. The Morgan fingerprint density at radius 2 is 2.00 bits per heavy atom. The number of H-pyrrole nitrogens is 1. The fourth-order valence-electron chi connectivity index (χ4n) is 3.98. The number of ether oxygens (including phenoxy) is 1. The maximum atomic E-state index is 10.6. The van der Waals surface area contributed by atoms with Gasteiger partial charge >= 0.3 is 0 Å². The Kier molecular flexibility index (Phi) is 6.30. The summed E-state index contributed by atoms with van der Waals surface area (Å²) in [5.41, 5.74) is 6.32. The van der Waals surface area contributed by atoms with E-state index in [4.69, 9.17) is 4.74 Å². The van der Waals surface area contributed by atoms with Crippen molar-refractivity contribution in [3.05, 3.63) is 65.4 Å². The molecule has 0 radical (unpaired) electrons. The molecule has 0 bridgehead atoms. The first-order valence-corrected chi connectivity index (χ1v) is 10.5. The summed E-state index contributed by atoms with van der Waals surface area (Å²) in [5.74, 6) is 2.17. The Hall–Kier alpha value is -3.22. The van der Waals surface area contributed by atoms with Crippen molar-refractivity contribution in [2.45, 2.75) is 6.54 Å². The van der Waals surface area contributed by atoms with E-state index in [1.165, 1.54) is 0 Å². The summed E-state index contributed by atoms with van der Waals surface area (Å²) in [6, 6.07) is 14.0. The molecule has 3 aromatic rings. The Labute approximate surface area is 183 Å². The van der Waals surface area contributed by atoms with Crippen molar-refractivity contribution in [3.63, 3.8) is 0 Å². The van der Waals surface area contributed by atoms with Crippen LogP contribution in [0.3, 0.4) is 0 Å². The Balaban J connectivity index is 1.62. The Morgan fingerprint density at radius 1 is 1.16 bits per heavy atom. The van der Waals surface area contributed by atoms with E-state index in [0.717, 1.165) is 58.0 Å². The van der Waals surface area contributed by atoms with E-state index >= 15 is 0 Å². The van der Waals surface area contributed by atoms with E-state index in [1.807, 2.05) is 43.6 Å². The molecule has 0 unspecified atom stereocenters. The van der Waals surface area contributed by atoms with Crippen LogP contribution in [-0.4, -0.2) is 55.8 Å². The number of likely N-dealkylation sites (N-methyl/N-ethyl adjacent to an activating group) is 2. The first kappa shape index (κ1) is 21.0. The molecule has 0 spiro atoms. The van der Waals surface area contributed by atoms with Gasteiger partial charge in [-0.25, -0.2) is 0 Å². The third-order valence-corrected chi connectivity index (χ3v) is 5.73. The number of phenols is 1. The number of methoxy groups -OCH3 is 1. The number of aromatic amines is 1. The highest BCUT2D eigenvalue weighted by Crippen LogP contribution is 2.39. The molecule has 162 valence electrons. The number of aromatic nitrogens is 1. The first-order valence-electron chi connectivity index (χ1n) is 10.5. The second-order valence-electron chi connectivity index (χ2n) is 7.90. The molecule has 0 fully saturated rings. The normalized spacial score (nSPS) is 13.0. The molecule has 2 aromatic carbocycles. The maximum absolute atomic E-state index is 10.6. The van der Waals surface area contributed by atoms with Gasteiger partial charge in [0.1, 0.15) is 17.3 Å². The monoisotopic (exact) mass is 418 g/mol. The molecular formula is C25H30N4O2. The topological polar surface area (TPSA) is 72.5 Å². The zero-order valence-electron chi connectivity index (χ0n) is 18.3. The molecule has 0 atom stereocenters. The van der Waals surface area contributed by atoms with Crippen LogP contribution in [-0.2, 0) is 6.54 Å². The highest BCUT2D eigenvalue weighted by Gasteiger charge is 2.19. The number of hydrogen-bond donors (Lipinski definition) is 4. The van der Waals surface area contributed by atoms with Crippen LogP contribution in [0.5, 0.6) is 11.5 Å². The summed E-state index contributed by atoms with van der Waals surface area (Å²) < 4.78 is 5.56. The summed E-state index contributed by atoms with van der Waals surface area (Å²) in [6.07, 6.45) is 4.20. The van der Waals surface area contributed by atoms with Crippen LogP contribution in [0.1, 0.15) is 16.7 Å². The summed E-state index contributed by atoms with van der Waals surface area (Å²) >= 11 is 0. The molecule has 2 heterocycles. The molecule has 4 rings (SSSR count). The summed E-state index contributed by atoms with van der Waals surface area (Å²) in [6.45, 7) is 3.25. The van der Waals surface area contributed by atoms with Crippen molar-refractivity contribution in [3.8, 4) is 22.6 Å². The van der Waals surface area contributed by atoms with Crippen molar-refractivity contribution in [2.75, 3.05) is 46.2 Å². The van der Waals surface area contributed by atoms with Gasteiger partial charge in [0.05, 0.1) is 7.11 Å². The minimum Gasteiger partial charge on any atom is -0.508 e. The lowest BCUT2D eigenvalue weighted by atomic mass is 9.95. The minimum atomic E-state index is 0.333. The minimum absolute atomic E-state index is 0.333. The van der Waals surface area contributed by atoms with Crippen molar-refractivity contribution in [1.82, 2.24) is 15.2 Å². The number of para-hydroxylation sites is 1. The van der Waals surface area contributed by atoms with E-state index in [-0.39, 0.29) is 0 Å². The van der Waals surface area contributed by atoms with Gasteiger partial charge in [-0.1, -0.05) is 30.3 Å². The molecule has 31 heavy (non-hydrogen) atoms. The number of aromatic hydroxyl groups is 1. The number of benzene rings is 2. The van der Waals surface area contributed by atoms with Gasteiger partial charge in [0.25, 0.3) is 0 Å². The number of anilines is 1. The van der Waals surface area contributed by atoms with Crippen LogP contribution in [0.2, 0.25) is 0 Å². The number of nitrogens with one attached hydrogen (secondary N) is 3. The van der Waals surface area contributed by atoms with Gasteiger partial charge < -0.3 is 30.4 Å². The lowest BCUT2D eigenvalue weighted by molar-refractivity contribution is 0.321. The third-order valence-electron chi connectivity index (χ3n) is 5.73. The van der Waals surface area contributed by atoms with Crippen molar-refractivity contribution >= 4 is 17.5 Å². The molecule has 0 aliphatic carbocycles. The molecule has 1 aromatic heterocycles. The van der Waals surface area contributed by atoms with Gasteiger partial charge in [-0.2, -0.15) is 0 Å². The predicted octanol–water partition coefficient (Wildman–Crippen LogP) is 4.01. The highest BCUT2D eigenvalue weighted by molar-refractivity contribution is 5.96. The molecule has 6 nitrogen and oxygen atoms in total. The second-order valence-corrected chi connectivity index (χ2v) is 7.90. The average molecular weight is 419 g/mol. The molecule has 6 heteroatoms. The van der Waals surface area contributed by atoms with Gasteiger partial charge in [-0.3, -0.25) is 0 Å². The zero-order chi connectivity index (χ0) is 21.8. The smallest absolute Gasteiger partial charge is 0.126 e. The molecule has 0 saturated heterocycles. The number of fused-ring (bicyclic) bond motifs is 1. The number of rotatable bonds is 8. The standard InChI is InChI=1S/C25H30N4O2/c1-26-10-11-29(2)16-18-9-8-17(13-23(18)30)19-12-21-22(15-28-25(21)27-14-19)20-6-4-5-7-24(20)31-3/h4-9,12-13,15,26-28,30H,10-11,14,16H2,1-3H3. The second kappa shape index (κ2) is 9.29. The maximum Gasteiger partial charge on any atom is 0.126 e. The predicted molar refractivity (Wildman–Crippen MR) is 128 cm³/mol. The van der Waals surface area contributed by atoms with Crippen molar-refractivity contribution in [2.24, 2.45) is 0 Å². The van der Waals surface area contributed by atoms with E-state index in [1.54, 1.807) is 7.11 Å². The molecule has 0 saturated carbocycles. The molecule has 0 amide bonds. The van der Waals surface area contributed by atoms with Crippen LogP contribution in [0.15, 0.2) is 48.7 Å². The Morgan fingerprint density at radius 3 is 2.77 bits per heavy atom. The summed E-state index contributed by atoms with van der Waals surface area (Å²) in [7, 11) is 5.70. The highest BCUT2D eigenvalue weighted by atomic mass is 16.5. The van der Waals surface area contributed by atoms with Gasteiger partial charge in [-0.05, 0) is 43.4 Å². The third kappa shape index (κ3) is 4.45. The van der Waals surface area contributed by atoms with E-state index in [9.17, 15) is 5.11 Å². The van der Waals surface area contributed by atoms with Gasteiger partial charge in [0.15, 0.2) is 0 Å². The number of nitrogens with zero attached hydrogens (tertiary/aromatic N) is 1. The van der Waals surface area contributed by atoms with Crippen molar-refractivity contribution in [1.29, 1.82) is 0 Å². The first-order chi connectivity index (χ1) is 15.1. The molecular weight excluding hydrogens is 388 g/mol. The Bertz CT molecular complexity index is 1090. The van der Waals surface area contributed by atoms with E-state index in [2.05, 4.69) is 45.8 Å². The fourth-order valence-corrected chi connectivity index (χ4v) is 3.98.